The van der Waals surface area contributed by atoms with E-state index in [4.69, 9.17) is 46.4 Å². The monoisotopic (exact) mass is 328 g/mol. The molecule has 0 radical (unpaired) electrons. The highest BCUT2D eigenvalue weighted by atomic mass is 35.6. The van der Waals surface area contributed by atoms with Crippen LogP contribution in [0.2, 0.25) is 0 Å². The molecule has 0 saturated carbocycles. The van der Waals surface area contributed by atoms with E-state index in [2.05, 4.69) is 6.08 Å². The van der Waals surface area contributed by atoms with Gasteiger partial charge >= 0.3 is 0 Å². The maximum Gasteiger partial charge on any atom is 0.215 e. The fraction of sp³-hybridized carbons (Fsp3) is 0.333. The summed E-state index contributed by atoms with van der Waals surface area (Å²) in [5.74, 6) is 0.733. The molecule has 0 aliphatic carbocycles. The highest BCUT2D eigenvalue weighted by Crippen LogP contribution is 2.40. The molecule has 1 aromatic carbocycles. The number of hydrogen-bond acceptors (Lipinski definition) is 1. The predicted octanol–water partition coefficient (Wildman–Crippen LogP) is 5.76. The summed E-state index contributed by atoms with van der Waals surface area (Å²) in [6, 6.07) is 10.1. The first-order chi connectivity index (χ1) is 7.89. The van der Waals surface area contributed by atoms with Crippen molar-refractivity contribution in [2.75, 3.05) is 5.75 Å². The van der Waals surface area contributed by atoms with Crippen molar-refractivity contribution in [3.63, 3.8) is 0 Å². The van der Waals surface area contributed by atoms with Crippen LogP contribution in [0.1, 0.15) is 12.5 Å². The normalized spacial score (nSPS) is 14.8. The minimum Gasteiger partial charge on any atom is -0.133 e. The minimum absolute atomic E-state index is 0.549. The fourth-order valence-corrected chi connectivity index (χ4v) is 2.61. The second kappa shape index (κ2) is 7.16. The third-order valence-corrected chi connectivity index (χ3v) is 5.28. The number of halogens is 4. The summed E-state index contributed by atoms with van der Waals surface area (Å²) in [6.07, 6.45) is 2.09. The smallest absolute Gasteiger partial charge is 0.133 e. The summed E-state index contributed by atoms with van der Waals surface area (Å²) < 4.78 is -1.98. The average Bonchev–Trinajstić information content (AvgIpc) is 2.26. The van der Waals surface area contributed by atoms with Crippen LogP contribution in [0.25, 0.3) is 6.08 Å². The van der Waals surface area contributed by atoms with Crippen molar-refractivity contribution in [2.24, 2.45) is 0 Å². The summed E-state index contributed by atoms with van der Waals surface area (Å²) in [7, 11) is 0. The van der Waals surface area contributed by atoms with Crippen LogP contribution in [-0.4, -0.2) is 14.3 Å². The van der Waals surface area contributed by atoms with Crippen molar-refractivity contribution in [3.05, 3.63) is 41.5 Å². The Morgan fingerprint density at radius 1 is 1.29 bits per heavy atom. The van der Waals surface area contributed by atoms with Gasteiger partial charge in [0.25, 0.3) is 0 Å². The molecule has 5 heteroatoms. The van der Waals surface area contributed by atoms with Gasteiger partial charge in [-0.3, -0.25) is 0 Å². The lowest BCUT2D eigenvalue weighted by molar-refractivity contribution is 1.20. The van der Waals surface area contributed by atoms with Gasteiger partial charge in [0.2, 0.25) is 3.79 Å². The number of hydrogen-bond donors (Lipinski definition) is 0. The van der Waals surface area contributed by atoms with Crippen molar-refractivity contribution < 1.29 is 0 Å². The molecule has 0 nitrogen and oxygen atoms in total. The van der Waals surface area contributed by atoms with Gasteiger partial charge in [0.15, 0.2) is 0 Å². The number of thioether (sulfide) groups is 1. The molecule has 0 aliphatic heterocycles. The maximum absolute atomic E-state index is 5.94. The largest absolute Gasteiger partial charge is 0.215 e. The van der Waals surface area contributed by atoms with E-state index in [1.807, 2.05) is 37.3 Å². The van der Waals surface area contributed by atoms with Crippen molar-refractivity contribution >= 4 is 64.2 Å². The lowest BCUT2D eigenvalue weighted by Crippen LogP contribution is -2.16. The second-order valence-electron chi connectivity index (χ2n) is 3.57. The molecule has 1 atom stereocenters. The summed E-state index contributed by atoms with van der Waals surface area (Å²) >= 11 is 24.4. The van der Waals surface area contributed by atoms with E-state index >= 15 is 0 Å². The van der Waals surface area contributed by atoms with E-state index in [1.165, 1.54) is 17.3 Å². The predicted molar refractivity (Wildman–Crippen MR) is 82.5 cm³/mol. The van der Waals surface area contributed by atoms with Gasteiger partial charge in [-0.1, -0.05) is 76.8 Å². The molecule has 0 fully saturated rings. The highest BCUT2D eigenvalue weighted by molar-refractivity contribution is 8.01. The van der Waals surface area contributed by atoms with Crippen molar-refractivity contribution in [2.45, 2.75) is 15.4 Å². The first-order valence-corrected chi connectivity index (χ1v) is 7.56. The van der Waals surface area contributed by atoms with Gasteiger partial charge in [0.05, 0.1) is 0 Å². The van der Waals surface area contributed by atoms with Crippen LogP contribution in [0.5, 0.6) is 0 Å². The van der Waals surface area contributed by atoms with E-state index < -0.39 is 8.50 Å². The van der Waals surface area contributed by atoms with Crippen LogP contribution in [0.3, 0.4) is 0 Å². The molecule has 0 bridgehead atoms. The van der Waals surface area contributed by atoms with Gasteiger partial charge in [-0.15, -0.1) is 23.4 Å². The molecule has 0 amide bonds. The lowest BCUT2D eigenvalue weighted by Gasteiger charge is -2.17. The van der Waals surface area contributed by atoms with Crippen molar-refractivity contribution in [3.8, 4) is 0 Å². The summed E-state index contributed by atoms with van der Waals surface area (Å²) in [5.41, 5.74) is 2.34. The summed E-state index contributed by atoms with van der Waals surface area (Å²) in [5, 5.41) is 0. The minimum atomic E-state index is -1.43. The molecule has 1 rings (SSSR count). The Hall–Kier alpha value is 0.470. The Kier molecular flexibility index (Phi) is 6.54. The molecule has 1 unspecified atom stereocenters. The quantitative estimate of drug-likeness (QED) is 0.633. The Labute approximate surface area is 126 Å². The van der Waals surface area contributed by atoms with E-state index in [9.17, 15) is 0 Å². The van der Waals surface area contributed by atoms with E-state index in [0.717, 1.165) is 11.3 Å². The number of benzene rings is 1. The maximum atomic E-state index is 5.94. The van der Waals surface area contributed by atoms with Crippen LogP contribution in [0.15, 0.2) is 35.9 Å². The Morgan fingerprint density at radius 2 is 1.88 bits per heavy atom. The van der Waals surface area contributed by atoms with Gasteiger partial charge in [-0.25, -0.2) is 0 Å². The molecule has 94 valence electrons. The zero-order chi connectivity index (χ0) is 12.9. The second-order valence-corrected chi connectivity index (χ2v) is 7.73. The van der Waals surface area contributed by atoms with Gasteiger partial charge in [-0.2, -0.15) is 0 Å². The molecule has 0 heterocycles. The van der Waals surface area contributed by atoms with Crippen molar-refractivity contribution in [1.82, 2.24) is 0 Å². The van der Waals surface area contributed by atoms with Crippen LogP contribution < -0.4 is 0 Å². The van der Waals surface area contributed by atoms with E-state index in [0.29, 0.717) is 0 Å². The van der Waals surface area contributed by atoms with Crippen LogP contribution >= 0.6 is 58.2 Å². The van der Waals surface area contributed by atoms with Crippen LogP contribution in [-0.2, 0) is 0 Å². The fourth-order valence-electron chi connectivity index (χ4n) is 1.17. The van der Waals surface area contributed by atoms with Gasteiger partial charge in [0.1, 0.15) is 4.71 Å². The number of rotatable bonds is 4. The first-order valence-electron chi connectivity index (χ1n) is 4.94. The average molecular weight is 330 g/mol. The van der Waals surface area contributed by atoms with Crippen LogP contribution in [0.4, 0.5) is 0 Å². The molecular formula is C12H12Cl4S. The van der Waals surface area contributed by atoms with Gasteiger partial charge in [0, 0.05) is 5.75 Å². The molecule has 17 heavy (non-hydrogen) atoms. The van der Waals surface area contributed by atoms with Gasteiger partial charge in [-0.05, 0) is 12.5 Å². The third-order valence-electron chi connectivity index (χ3n) is 1.93. The molecule has 0 aromatic heterocycles. The SMILES string of the molecule is C/C(=C/c1ccccc1)CSC(Cl)C(Cl)(Cl)Cl. The van der Waals surface area contributed by atoms with Crippen molar-refractivity contribution in [1.29, 1.82) is 0 Å². The molecule has 0 aliphatic rings. The third kappa shape index (κ3) is 6.26. The Morgan fingerprint density at radius 3 is 2.41 bits per heavy atom. The summed E-state index contributed by atoms with van der Waals surface area (Å²) in [4.78, 5) is 0. The number of alkyl halides is 4. The highest BCUT2D eigenvalue weighted by Gasteiger charge is 2.30. The topological polar surface area (TPSA) is 0 Å². The zero-order valence-electron chi connectivity index (χ0n) is 9.17. The lowest BCUT2D eigenvalue weighted by atomic mass is 10.1. The van der Waals surface area contributed by atoms with Crippen LogP contribution in [0, 0.1) is 0 Å². The molecule has 0 N–H and O–H groups in total. The molecule has 0 saturated heterocycles. The summed E-state index contributed by atoms with van der Waals surface area (Å²) in [6.45, 7) is 2.03. The Balaban J connectivity index is 2.51. The Bertz CT molecular complexity index is 370. The molecule has 0 spiro atoms. The van der Waals surface area contributed by atoms with E-state index in [1.54, 1.807) is 0 Å². The first kappa shape index (κ1) is 15.5. The van der Waals surface area contributed by atoms with E-state index in [-0.39, 0.29) is 0 Å². The molecular weight excluding hydrogens is 318 g/mol. The standard InChI is InChI=1S/C12H12Cl4S/c1-9(7-10-5-3-2-4-6-10)8-17-11(13)12(14,15)16/h2-7,11H,8H2,1H3/b9-7-. The molecule has 1 aromatic rings. The van der Waals surface area contributed by atoms with Gasteiger partial charge < -0.3 is 0 Å². The zero-order valence-corrected chi connectivity index (χ0v) is 13.0.